The molecule has 0 aromatic carbocycles. The lowest BCUT2D eigenvalue weighted by atomic mass is 9.97. The molecule has 0 unspecified atom stereocenters. The normalized spacial score (nSPS) is 17.4. The van der Waals surface area contributed by atoms with Gasteiger partial charge in [0.1, 0.15) is 5.69 Å². The third-order valence-electron chi connectivity index (χ3n) is 6.63. The predicted molar refractivity (Wildman–Crippen MR) is 150 cm³/mol. The van der Waals surface area contributed by atoms with Gasteiger partial charge in [0.15, 0.2) is 5.78 Å². The summed E-state index contributed by atoms with van der Waals surface area (Å²) in [6.45, 7) is 3.70. The number of alkyl halides is 3. The van der Waals surface area contributed by atoms with E-state index in [9.17, 15) is 27.6 Å². The van der Waals surface area contributed by atoms with Crippen LogP contribution in [0.1, 0.15) is 46.4 Å². The molecule has 5 rings (SSSR count). The van der Waals surface area contributed by atoms with Gasteiger partial charge in [-0.2, -0.15) is 13.2 Å². The average Bonchev–Trinajstić information content (AvgIpc) is 3.55. The van der Waals surface area contributed by atoms with E-state index >= 15 is 0 Å². The maximum absolute atomic E-state index is 13.6. The van der Waals surface area contributed by atoms with Crippen molar-refractivity contribution in [2.75, 3.05) is 24.5 Å². The summed E-state index contributed by atoms with van der Waals surface area (Å²) in [5, 5.41) is 5.09. The van der Waals surface area contributed by atoms with E-state index in [1.807, 2.05) is 4.90 Å². The number of ketones is 1. The predicted octanol–water partition coefficient (Wildman–Crippen LogP) is 5.15. The monoisotopic (exact) mass is 602 g/mol. The summed E-state index contributed by atoms with van der Waals surface area (Å²) in [6.07, 6.45) is 0.257. The summed E-state index contributed by atoms with van der Waals surface area (Å²) in [4.78, 5) is 50.8. The molecule has 2 fully saturated rings. The van der Waals surface area contributed by atoms with Crippen molar-refractivity contribution in [1.82, 2.24) is 25.6 Å². The van der Waals surface area contributed by atoms with Crippen LogP contribution in [-0.2, 0) is 17.5 Å². The van der Waals surface area contributed by atoms with Crippen LogP contribution in [0.3, 0.4) is 0 Å². The first-order chi connectivity index (χ1) is 19.5. The number of halogens is 3. The van der Waals surface area contributed by atoms with Crippen LogP contribution >= 0.6 is 23.1 Å². The Morgan fingerprint density at radius 1 is 1.17 bits per heavy atom. The molecule has 41 heavy (non-hydrogen) atoms. The van der Waals surface area contributed by atoms with Crippen molar-refractivity contribution in [2.24, 2.45) is 5.92 Å². The fourth-order valence-electron chi connectivity index (χ4n) is 4.53. The molecule has 2 N–H and O–H groups in total. The van der Waals surface area contributed by atoms with Crippen molar-refractivity contribution < 1.29 is 27.6 Å². The number of amides is 2. The van der Waals surface area contributed by atoms with Gasteiger partial charge in [-0.05, 0) is 86.0 Å². The number of pyridine rings is 1. The number of carbonyl (C=O) groups excluding carboxylic acids is 3. The molecule has 2 aliphatic heterocycles. The number of thioether (sulfide) groups is 1. The summed E-state index contributed by atoms with van der Waals surface area (Å²) in [7, 11) is 0. The molecule has 0 aliphatic carbocycles. The van der Waals surface area contributed by atoms with Crippen molar-refractivity contribution in [1.29, 1.82) is 0 Å². The van der Waals surface area contributed by atoms with Gasteiger partial charge in [0.05, 0.1) is 26.0 Å². The molecule has 5 heterocycles. The van der Waals surface area contributed by atoms with Gasteiger partial charge in [-0.25, -0.2) is 15.0 Å². The highest BCUT2D eigenvalue weighted by Gasteiger charge is 2.33. The Morgan fingerprint density at radius 2 is 1.95 bits per heavy atom. The van der Waals surface area contributed by atoms with E-state index in [-0.39, 0.29) is 22.9 Å². The molecule has 0 bridgehead atoms. The number of anilines is 1. The van der Waals surface area contributed by atoms with Crippen molar-refractivity contribution in [3.8, 4) is 10.6 Å². The molecule has 14 heteroatoms. The third kappa shape index (κ3) is 7.18. The molecule has 2 aliphatic rings. The maximum atomic E-state index is 13.6. The van der Waals surface area contributed by atoms with E-state index in [0.29, 0.717) is 52.5 Å². The molecule has 0 atom stereocenters. The van der Waals surface area contributed by atoms with Gasteiger partial charge in [-0.1, -0.05) is 0 Å². The SMILES string of the molecule is CC(=O)c1ccc(-c2cc(CNCC3CCN(c4nccc(C=C5SC(=O)NC5=O)n4)CC3)cc(C(F)(F)F)n2)s1. The molecule has 0 spiro atoms. The zero-order valence-corrected chi connectivity index (χ0v) is 23.5. The Kier molecular flexibility index (Phi) is 8.52. The van der Waals surface area contributed by atoms with E-state index in [1.54, 1.807) is 36.5 Å². The highest BCUT2D eigenvalue weighted by atomic mass is 32.2. The lowest BCUT2D eigenvalue weighted by molar-refractivity contribution is -0.141. The molecule has 3 aromatic rings. The Labute approximate surface area is 241 Å². The van der Waals surface area contributed by atoms with Crippen LogP contribution in [0.2, 0.25) is 0 Å². The summed E-state index contributed by atoms with van der Waals surface area (Å²) in [6, 6.07) is 7.57. The van der Waals surface area contributed by atoms with Crippen LogP contribution in [0.4, 0.5) is 23.9 Å². The van der Waals surface area contributed by atoms with E-state index < -0.39 is 23.0 Å². The number of rotatable bonds is 8. The minimum Gasteiger partial charge on any atom is -0.341 e. The minimum absolute atomic E-state index is 0.146. The summed E-state index contributed by atoms with van der Waals surface area (Å²) in [5.41, 5.74) is 0.224. The van der Waals surface area contributed by atoms with E-state index in [4.69, 9.17) is 0 Å². The maximum Gasteiger partial charge on any atom is 0.433 e. The number of nitrogens with zero attached hydrogens (tertiary/aromatic N) is 4. The highest BCUT2D eigenvalue weighted by molar-refractivity contribution is 8.18. The molecule has 214 valence electrons. The fourth-order valence-corrected chi connectivity index (χ4v) is 6.06. The first-order valence-electron chi connectivity index (χ1n) is 12.8. The summed E-state index contributed by atoms with van der Waals surface area (Å²) >= 11 is 1.95. The first kappa shape index (κ1) is 28.9. The summed E-state index contributed by atoms with van der Waals surface area (Å²) in [5.74, 6) is 0.262. The second-order valence-corrected chi connectivity index (χ2v) is 11.8. The summed E-state index contributed by atoms with van der Waals surface area (Å²) < 4.78 is 40.7. The van der Waals surface area contributed by atoms with Crippen LogP contribution in [0.15, 0.2) is 41.4 Å². The molecule has 2 amide bonds. The zero-order chi connectivity index (χ0) is 29.1. The van der Waals surface area contributed by atoms with Crippen LogP contribution in [0.25, 0.3) is 16.6 Å². The van der Waals surface area contributed by atoms with Gasteiger partial charge in [0, 0.05) is 25.8 Å². The molecular formula is C27H25F3N6O3S2. The molecular weight excluding hydrogens is 577 g/mol. The second kappa shape index (κ2) is 12.1. The van der Waals surface area contributed by atoms with Crippen LogP contribution in [-0.4, -0.2) is 51.5 Å². The third-order valence-corrected chi connectivity index (χ3v) is 8.65. The fraction of sp³-hybridized carbons (Fsp3) is 0.333. The highest BCUT2D eigenvalue weighted by Crippen LogP contribution is 2.33. The van der Waals surface area contributed by atoms with Crippen molar-refractivity contribution in [3.05, 3.63) is 63.3 Å². The Bertz CT molecular complexity index is 1520. The van der Waals surface area contributed by atoms with Crippen LogP contribution in [0, 0.1) is 5.92 Å². The Hall–Kier alpha value is -3.62. The average molecular weight is 603 g/mol. The lowest BCUT2D eigenvalue weighted by Crippen LogP contribution is -2.38. The second-order valence-electron chi connectivity index (χ2n) is 9.66. The number of carbonyl (C=O) groups is 3. The van der Waals surface area contributed by atoms with Gasteiger partial charge in [-0.3, -0.25) is 19.7 Å². The Morgan fingerprint density at radius 3 is 2.61 bits per heavy atom. The minimum atomic E-state index is -4.59. The number of aromatic nitrogens is 3. The van der Waals surface area contributed by atoms with Gasteiger partial charge < -0.3 is 10.2 Å². The molecule has 0 radical (unpaired) electrons. The number of Topliss-reactive ketones (excluding diaryl/α,β-unsaturated/α-hetero) is 1. The standard InChI is InChI=1S/C27H25F3N6O3S2/c1-15(37)20-2-3-21(40-20)19-10-17(11-23(34-19)27(28,29)30)14-31-13-16-5-8-36(9-6-16)25-32-7-4-18(33-25)12-22-24(38)35-26(39)41-22/h2-4,7,10-12,16,31H,5-6,8-9,13-14H2,1H3,(H,35,38,39). The van der Waals surface area contributed by atoms with Gasteiger partial charge in [-0.15, -0.1) is 11.3 Å². The van der Waals surface area contributed by atoms with Crippen molar-refractivity contribution in [3.63, 3.8) is 0 Å². The topological polar surface area (TPSA) is 117 Å². The first-order valence-corrected chi connectivity index (χ1v) is 14.4. The number of thiophene rings is 1. The number of piperidine rings is 1. The van der Waals surface area contributed by atoms with Crippen LogP contribution < -0.4 is 15.5 Å². The van der Waals surface area contributed by atoms with Gasteiger partial charge in [0.25, 0.3) is 11.1 Å². The van der Waals surface area contributed by atoms with Crippen molar-refractivity contribution in [2.45, 2.75) is 32.5 Å². The number of nitrogens with one attached hydrogen (secondary N) is 2. The molecule has 2 saturated heterocycles. The molecule has 3 aromatic heterocycles. The zero-order valence-electron chi connectivity index (χ0n) is 21.8. The van der Waals surface area contributed by atoms with E-state index in [2.05, 4.69) is 25.6 Å². The van der Waals surface area contributed by atoms with E-state index in [0.717, 1.165) is 42.0 Å². The largest absolute Gasteiger partial charge is 0.433 e. The molecule has 0 saturated carbocycles. The van der Waals surface area contributed by atoms with Gasteiger partial charge >= 0.3 is 6.18 Å². The number of hydrogen-bond donors (Lipinski definition) is 2. The number of imide groups is 1. The molecule has 9 nitrogen and oxygen atoms in total. The van der Waals surface area contributed by atoms with E-state index in [1.165, 1.54) is 6.92 Å². The quantitative estimate of drug-likeness (QED) is 0.267. The smallest absolute Gasteiger partial charge is 0.341 e. The van der Waals surface area contributed by atoms with Crippen molar-refractivity contribution >= 4 is 52.1 Å². The van der Waals surface area contributed by atoms with Gasteiger partial charge in [0.2, 0.25) is 5.95 Å². The lowest BCUT2D eigenvalue weighted by Gasteiger charge is -2.32. The van der Waals surface area contributed by atoms with Crippen LogP contribution in [0.5, 0.6) is 0 Å². The Balaban J connectivity index is 1.17. The number of hydrogen-bond acceptors (Lipinski definition) is 10.